The summed E-state index contributed by atoms with van der Waals surface area (Å²) in [6.07, 6.45) is -0.442. The van der Waals surface area contributed by atoms with Crippen molar-refractivity contribution in [2.75, 3.05) is 6.54 Å². The van der Waals surface area contributed by atoms with Crippen molar-refractivity contribution < 1.29 is 29.3 Å². The third-order valence-electron chi connectivity index (χ3n) is 4.47. The zero-order chi connectivity index (χ0) is 18.2. The van der Waals surface area contributed by atoms with Crippen molar-refractivity contribution in [1.82, 2.24) is 10.2 Å². The van der Waals surface area contributed by atoms with Crippen molar-refractivity contribution in [2.45, 2.75) is 52.9 Å². The van der Waals surface area contributed by atoms with E-state index in [0.29, 0.717) is 19.4 Å². The van der Waals surface area contributed by atoms with E-state index in [9.17, 15) is 24.6 Å². The number of β-lactam (4-membered cyclic amide) rings is 1. The minimum absolute atomic E-state index is 0.120. The lowest BCUT2D eigenvalue weighted by Gasteiger charge is -2.42. The highest BCUT2D eigenvalue weighted by atomic mass is 16.5. The molecule has 0 radical (unpaired) electrons. The van der Waals surface area contributed by atoms with E-state index in [0.717, 1.165) is 4.90 Å². The first-order valence-corrected chi connectivity index (χ1v) is 7.98. The minimum Gasteiger partial charge on any atom is -0.476 e. The molecule has 0 unspecified atom stereocenters. The van der Waals surface area contributed by atoms with Crippen LogP contribution in [0.1, 0.15) is 40.5 Å². The zero-order valence-corrected chi connectivity index (χ0v) is 14.3. The van der Waals surface area contributed by atoms with Crippen molar-refractivity contribution in [1.29, 1.82) is 0 Å². The maximum absolute atomic E-state index is 12.1. The lowest BCUT2D eigenvalue weighted by atomic mass is 9.84. The van der Waals surface area contributed by atoms with Crippen LogP contribution in [0.5, 0.6) is 0 Å². The minimum atomic E-state index is -1.22. The maximum atomic E-state index is 12.1. The number of carbonyl (C=O) groups is 3. The SMILES string of the molecule is CC(=O)NCCCC(C)(C)C1=C(C(=O)O)N2C(=O)[C@H]([C@@H](C)O)[C@H]2O1. The highest BCUT2D eigenvalue weighted by Gasteiger charge is 2.60. The predicted molar refractivity (Wildman–Crippen MR) is 83.3 cm³/mol. The van der Waals surface area contributed by atoms with Gasteiger partial charge in [-0.1, -0.05) is 13.8 Å². The summed E-state index contributed by atoms with van der Waals surface area (Å²) >= 11 is 0. The van der Waals surface area contributed by atoms with E-state index >= 15 is 0 Å². The van der Waals surface area contributed by atoms with Crippen LogP contribution in [0.2, 0.25) is 0 Å². The number of aliphatic hydroxyl groups excluding tert-OH is 1. The van der Waals surface area contributed by atoms with Crippen LogP contribution in [0.4, 0.5) is 0 Å². The molecule has 0 aromatic heterocycles. The Morgan fingerprint density at radius 1 is 1.42 bits per heavy atom. The normalized spacial score (nSPS) is 24.2. The summed E-state index contributed by atoms with van der Waals surface area (Å²) in [5.41, 5.74) is -0.765. The molecule has 2 aliphatic heterocycles. The number of fused-ring (bicyclic) bond motifs is 1. The van der Waals surface area contributed by atoms with Crippen LogP contribution in [0.25, 0.3) is 0 Å². The molecule has 2 rings (SSSR count). The van der Waals surface area contributed by atoms with Gasteiger partial charge in [-0.25, -0.2) is 4.79 Å². The number of carboxylic acid groups (broad SMARTS) is 1. The number of aliphatic carboxylic acids is 1. The summed E-state index contributed by atoms with van der Waals surface area (Å²) in [6, 6.07) is 0. The van der Waals surface area contributed by atoms with E-state index in [2.05, 4.69) is 5.32 Å². The van der Waals surface area contributed by atoms with Crippen LogP contribution in [-0.4, -0.2) is 51.8 Å². The van der Waals surface area contributed by atoms with Crippen LogP contribution < -0.4 is 5.32 Å². The standard InChI is InChI=1S/C16H24N2O6/c1-8(19)10-13(21)18-11(15(22)23)12(24-14(10)18)16(3,4)6-5-7-17-9(2)20/h8,10,14,19H,5-7H2,1-4H3,(H,17,20)(H,22,23)/t8-,10+,14-/m1/s1. The average molecular weight is 340 g/mol. The Morgan fingerprint density at radius 2 is 2.04 bits per heavy atom. The Balaban J connectivity index is 2.17. The lowest BCUT2D eigenvalue weighted by Crippen LogP contribution is -2.62. The molecule has 3 N–H and O–H groups in total. The first-order chi connectivity index (χ1) is 11.1. The molecule has 0 aromatic rings. The second-order valence-corrected chi connectivity index (χ2v) is 6.94. The lowest BCUT2D eigenvalue weighted by molar-refractivity contribution is -0.183. The van der Waals surface area contributed by atoms with Gasteiger partial charge >= 0.3 is 5.97 Å². The summed E-state index contributed by atoms with van der Waals surface area (Å²) in [4.78, 5) is 35.8. The van der Waals surface area contributed by atoms with Crippen LogP contribution in [0.3, 0.4) is 0 Å². The van der Waals surface area contributed by atoms with Gasteiger partial charge in [0.25, 0.3) is 0 Å². The number of ether oxygens (including phenoxy) is 1. The largest absolute Gasteiger partial charge is 0.476 e. The van der Waals surface area contributed by atoms with E-state index in [-0.39, 0.29) is 17.4 Å². The molecule has 0 saturated carbocycles. The molecule has 8 heteroatoms. The topological polar surface area (TPSA) is 116 Å². The molecule has 24 heavy (non-hydrogen) atoms. The number of nitrogens with zero attached hydrogens (tertiary/aromatic N) is 1. The molecular formula is C16H24N2O6. The van der Waals surface area contributed by atoms with Crippen molar-refractivity contribution in [3.63, 3.8) is 0 Å². The predicted octanol–water partition coefficient (Wildman–Crippen LogP) is 0.421. The molecule has 1 saturated heterocycles. The molecular weight excluding hydrogens is 316 g/mol. The summed E-state index contributed by atoms with van der Waals surface area (Å²) in [5.74, 6) is -2.27. The van der Waals surface area contributed by atoms with Crippen LogP contribution in [0.15, 0.2) is 11.5 Å². The number of hydrogen-bond donors (Lipinski definition) is 3. The number of hydrogen-bond acceptors (Lipinski definition) is 5. The van der Waals surface area contributed by atoms with E-state index in [4.69, 9.17) is 4.74 Å². The van der Waals surface area contributed by atoms with Crippen molar-refractivity contribution in [3.8, 4) is 0 Å². The fourth-order valence-electron chi connectivity index (χ4n) is 3.17. The maximum Gasteiger partial charge on any atom is 0.356 e. The van der Waals surface area contributed by atoms with Crippen molar-refractivity contribution >= 4 is 17.8 Å². The average Bonchev–Trinajstić information content (AvgIpc) is 2.79. The first-order valence-electron chi connectivity index (χ1n) is 7.98. The molecule has 134 valence electrons. The molecule has 0 aliphatic carbocycles. The van der Waals surface area contributed by atoms with Crippen LogP contribution in [0, 0.1) is 11.3 Å². The Hall–Kier alpha value is -2.09. The Labute approximate surface area is 140 Å². The number of carbonyl (C=O) groups excluding carboxylic acids is 2. The van der Waals surface area contributed by atoms with Crippen molar-refractivity contribution in [2.24, 2.45) is 11.3 Å². The third kappa shape index (κ3) is 3.10. The van der Waals surface area contributed by atoms with Gasteiger partial charge in [-0.05, 0) is 19.8 Å². The molecule has 1 fully saturated rings. The monoisotopic (exact) mass is 340 g/mol. The van der Waals surface area contributed by atoms with Crippen LogP contribution in [-0.2, 0) is 19.1 Å². The molecule has 3 atom stereocenters. The highest BCUT2D eigenvalue weighted by Crippen LogP contribution is 2.48. The number of aliphatic hydroxyl groups is 1. The number of carboxylic acids is 1. The molecule has 0 bridgehead atoms. The summed E-state index contributed by atoms with van der Waals surface area (Å²) in [7, 11) is 0. The van der Waals surface area contributed by atoms with E-state index in [1.54, 1.807) is 0 Å². The molecule has 2 amide bonds. The van der Waals surface area contributed by atoms with E-state index < -0.39 is 35.5 Å². The molecule has 2 aliphatic rings. The number of nitrogens with one attached hydrogen (secondary N) is 1. The van der Waals surface area contributed by atoms with Gasteiger partial charge in [-0.3, -0.25) is 14.5 Å². The third-order valence-corrected chi connectivity index (χ3v) is 4.47. The number of allylic oxidation sites excluding steroid dienone is 1. The quantitative estimate of drug-likeness (QED) is 0.457. The second kappa shape index (κ2) is 6.43. The highest BCUT2D eigenvalue weighted by molar-refractivity contribution is 5.98. The first kappa shape index (κ1) is 18.3. The van der Waals surface area contributed by atoms with Crippen molar-refractivity contribution in [3.05, 3.63) is 11.5 Å². The van der Waals surface area contributed by atoms with Gasteiger partial charge in [-0.2, -0.15) is 0 Å². The van der Waals surface area contributed by atoms with Gasteiger partial charge in [0.05, 0.1) is 6.10 Å². The fraction of sp³-hybridized carbons (Fsp3) is 0.688. The van der Waals surface area contributed by atoms with E-state index in [1.165, 1.54) is 13.8 Å². The van der Waals surface area contributed by atoms with Crippen LogP contribution >= 0.6 is 0 Å². The van der Waals surface area contributed by atoms with Gasteiger partial charge in [0, 0.05) is 18.9 Å². The number of amides is 2. The summed E-state index contributed by atoms with van der Waals surface area (Å²) in [6.45, 7) is 7.08. The molecule has 2 heterocycles. The second-order valence-electron chi connectivity index (χ2n) is 6.94. The van der Waals surface area contributed by atoms with Gasteiger partial charge in [0.2, 0.25) is 11.8 Å². The Morgan fingerprint density at radius 3 is 2.54 bits per heavy atom. The molecule has 0 aromatic carbocycles. The van der Waals surface area contributed by atoms with Gasteiger partial charge in [-0.15, -0.1) is 0 Å². The van der Waals surface area contributed by atoms with Gasteiger partial charge in [0.1, 0.15) is 11.7 Å². The molecule has 0 spiro atoms. The smallest absolute Gasteiger partial charge is 0.356 e. The van der Waals surface area contributed by atoms with Gasteiger partial charge in [0.15, 0.2) is 11.9 Å². The fourth-order valence-corrected chi connectivity index (χ4v) is 3.17. The number of rotatable bonds is 7. The Bertz CT molecular complexity index is 595. The van der Waals surface area contributed by atoms with E-state index in [1.807, 2.05) is 13.8 Å². The zero-order valence-electron chi connectivity index (χ0n) is 14.3. The Kier molecular flexibility index (Phi) is 4.89. The summed E-state index contributed by atoms with van der Waals surface area (Å²) in [5, 5.41) is 21.9. The van der Waals surface area contributed by atoms with Gasteiger partial charge < -0.3 is 20.3 Å². The summed E-state index contributed by atoms with van der Waals surface area (Å²) < 4.78 is 5.78. The molecule has 8 nitrogen and oxygen atoms in total.